The average Bonchev–Trinajstić information content (AvgIpc) is 2.78. The van der Waals surface area contributed by atoms with Crippen molar-refractivity contribution in [2.24, 2.45) is 0 Å². The van der Waals surface area contributed by atoms with Crippen LogP contribution in [0.25, 0.3) is 0 Å². The molecule has 3 N–H and O–H groups in total. The fraction of sp³-hybridized carbons (Fsp3) is 0.913. The standard InChI is InChI=1S/C23H46NO8P/c1-3-5-7-9-10-11-12-13-15-22(26)24-17-18-31-33(28,29)32-20-21(25)19-30-23(27)16-14-8-6-4-2/h21,25H,3-20H2,1-2H3,(H,24,26)(H,28,29). The van der Waals surface area contributed by atoms with Crippen molar-refractivity contribution >= 4 is 19.7 Å². The molecule has 0 aromatic rings. The summed E-state index contributed by atoms with van der Waals surface area (Å²) in [5, 5.41) is 12.4. The first-order valence-corrected chi connectivity index (χ1v) is 14.0. The molecule has 0 bridgehead atoms. The Labute approximate surface area is 199 Å². The van der Waals surface area contributed by atoms with Crippen molar-refractivity contribution in [1.29, 1.82) is 0 Å². The van der Waals surface area contributed by atoms with Gasteiger partial charge < -0.3 is 20.1 Å². The van der Waals surface area contributed by atoms with E-state index in [1.54, 1.807) is 0 Å². The van der Waals surface area contributed by atoms with Crippen LogP contribution >= 0.6 is 7.82 Å². The Kier molecular flexibility index (Phi) is 20.9. The van der Waals surface area contributed by atoms with Crippen LogP contribution in [0.4, 0.5) is 0 Å². The highest BCUT2D eigenvalue weighted by Crippen LogP contribution is 2.42. The summed E-state index contributed by atoms with van der Waals surface area (Å²) in [6, 6.07) is 0. The van der Waals surface area contributed by atoms with Crippen LogP contribution in [0.2, 0.25) is 0 Å². The molecule has 0 aromatic heterocycles. The van der Waals surface area contributed by atoms with Crippen LogP contribution in [0.3, 0.4) is 0 Å². The fourth-order valence-corrected chi connectivity index (χ4v) is 3.84. The number of esters is 1. The van der Waals surface area contributed by atoms with Gasteiger partial charge in [0, 0.05) is 19.4 Å². The van der Waals surface area contributed by atoms with Crippen LogP contribution in [-0.2, 0) is 27.9 Å². The summed E-state index contributed by atoms with van der Waals surface area (Å²) in [7, 11) is -4.37. The predicted octanol–water partition coefficient (Wildman–Crippen LogP) is 4.64. The van der Waals surface area contributed by atoms with E-state index in [0.29, 0.717) is 6.42 Å². The van der Waals surface area contributed by atoms with E-state index in [9.17, 15) is 24.2 Å². The molecular formula is C23H46NO8P. The van der Waals surface area contributed by atoms with Gasteiger partial charge in [0.2, 0.25) is 5.91 Å². The fourth-order valence-electron chi connectivity index (χ4n) is 3.08. The number of nitrogens with one attached hydrogen (secondary N) is 1. The maximum absolute atomic E-state index is 11.8. The van der Waals surface area contributed by atoms with Crippen LogP contribution in [-0.4, -0.2) is 54.3 Å². The van der Waals surface area contributed by atoms with Gasteiger partial charge in [-0.3, -0.25) is 18.6 Å². The lowest BCUT2D eigenvalue weighted by Gasteiger charge is -2.15. The van der Waals surface area contributed by atoms with Gasteiger partial charge in [-0.05, 0) is 12.8 Å². The highest BCUT2D eigenvalue weighted by molar-refractivity contribution is 7.47. The molecule has 33 heavy (non-hydrogen) atoms. The Balaban J connectivity index is 3.71. The summed E-state index contributed by atoms with van der Waals surface area (Å²) in [6.07, 6.45) is 12.5. The summed E-state index contributed by atoms with van der Waals surface area (Å²) in [5.41, 5.74) is 0. The van der Waals surface area contributed by atoms with Gasteiger partial charge in [-0.1, -0.05) is 78.1 Å². The number of unbranched alkanes of at least 4 members (excludes halogenated alkanes) is 10. The van der Waals surface area contributed by atoms with E-state index < -0.39 is 26.5 Å². The largest absolute Gasteiger partial charge is 0.472 e. The zero-order chi connectivity index (χ0) is 24.8. The van der Waals surface area contributed by atoms with Crippen LogP contribution in [0.5, 0.6) is 0 Å². The molecular weight excluding hydrogens is 449 g/mol. The van der Waals surface area contributed by atoms with Gasteiger partial charge in [-0.25, -0.2) is 4.57 Å². The molecule has 0 saturated carbocycles. The van der Waals surface area contributed by atoms with Crippen molar-refractivity contribution in [3.8, 4) is 0 Å². The first-order chi connectivity index (χ1) is 15.8. The second-order valence-electron chi connectivity index (χ2n) is 8.32. The molecule has 0 fully saturated rings. The SMILES string of the molecule is CCCCCCCCCCC(=O)NCCOP(=O)(O)OCC(O)COC(=O)CCCCCC. The molecule has 0 aliphatic heterocycles. The number of phosphoric ester groups is 1. The number of rotatable bonds is 23. The van der Waals surface area contributed by atoms with Crippen molar-refractivity contribution in [2.75, 3.05) is 26.4 Å². The van der Waals surface area contributed by atoms with E-state index in [-0.39, 0.29) is 32.1 Å². The summed E-state index contributed by atoms with van der Waals surface area (Å²) >= 11 is 0. The van der Waals surface area contributed by atoms with Crippen LogP contribution in [0.1, 0.15) is 104 Å². The molecule has 9 nitrogen and oxygen atoms in total. The lowest BCUT2D eigenvalue weighted by molar-refractivity contribution is -0.147. The smallest absolute Gasteiger partial charge is 0.463 e. The summed E-state index contributed by atoms with van der Waals surface area (Å²) < 4.78 is 26.2. The van der Waals surface area contributed by atoms with Crippen LogP contribution in [0, 0.1) is 0 Å². The van der Waals surface area contributed by atoms with Gasteiger partial charge >= 0.3 is 13.8 Å². The van der Waals surface area contributed by atoms with E-state index in [0.717, 1.165) is 44.9 Å². The van der Waals surface area contributed by atoms with Crippen molar-refractivity contribution in [2.45, 2.75) is 110 Å². The Morgan fingerprint density at radius 3 is 2.00 bits per heavy atom. The number of phosphoric acid groups is 1. The normalized spacial score (nSPS) is 13.9. The lowest BCUT2D eigenvalue weighted by Crippen LogP contribution is -2.27. The summed E-state index contributed by atoms with van der Waals surface area (Å²) in [5.74, 6) is -0.540. The molecule has 2 unspecified atom stereocenters. The molecule has 0 saturated heterocycles. The number of aliphatic hydroxyl groups excluding tert-OH is 1. The maximum Gasteiger partial charge on any atom is 0.472 e. The summed E-state index contributed by atoms with van der Waals surface area (Å²) in [6.45, 7) is 3.33. The van der Waals surface area contributed by atoms with E-state index >= 15 is 0 Å². The van der Waals surface area contributed by atoms with E-state index in [1.807, 2.05) is 0 Å². The third-order valence-electron chi connectivity index (χ3n) is 5.04. The van der Waals surface area contributed by atoms with Crippen molar-refractivity contribution in [3.05, 3.63) is 0 Å². The van der Waals surface area contributed by atoms with Crippen LogP contribution < -0.4 is 5.32 Å². The molecule has 0 aromatic carbocycles. The van der Waals surface area contributed by atoms with Gasteiger partial charge in [-0.2, -0.15) is 0 Å². The topological polar surface area (TPSA) is 131 Å². The molecule has 0 heterocycles. The highest BCUT2D eigenvalue weighted by atomic mass is 31.2. The molecule has 0 aliphatic carbocycles. The van der Waals surface area contributed by atoms with Gasteiger partial charge in [0.1, 0.15) is 12.7 Å². The molecule has 1 amide bonds. The van der Waals surface area contributed by atoms with Crippen molar-refractivity contribution in [3.63, 3.8) is 0 Å². The van der Waals surface area contributed by atoms with E-state index in [4.69, 9.17) is 13.8 Å². The number of amides is 1. The zero-order valence-corrected chi connectivity index (χ0v) is 21.5. The molecule has 196 valence electrons. The minimum atomic E-state index is -4.37. The Morgan fingerprint density at radius 1 is 0.818 bits per heavy atom. The molecule has 0 spiro atoms. The molecule has 0 rings (SSSR count). The first kappa shape index (κ1) is 32.0. The van der Waals surface area contributed by atoms with Gasteiger partial charge in [-0.15, -0.1) is 0 Å². The van der Waals surface area contributed by atoms with Gasteiger partial charge in [0.25, 0.3) is 0 Å². The third-order valence-corrected chi connectivity index (χ3v) is 6.02. The van der Waals surface area contributed by atoms with Crippen molar-refractivity contribution < 1.29 is 37.9 Å². The number of hydrogen-bond donors (Lipinski definition) is 3. The number of hydrogen-bond acceptors (Lipinski definition) is 7. The molecule has 0 radical (unpaired) electrons. The second-order valence-corrected chi connectivity index (χ2v) is 9.77. The monoisotopic (exact) mass is 495 g/mol. The van der Waals surface area contributed by atoms with Gasteiger partial charge in [0.05, 0.1) is 13.2 Å². The Morgan fingerprint density at radius 2 is 1.36 bits per heavy atom. The minimum absolute atomic E-state index is 0.0853. The Hall–Kier alpha value is -0.990. The maximum atomic E-state index is 11.8. The van der Waals surface area contributed by atoms with Crippen LogP contribution in [0.15, 0.2) is 0 Å². The third kappa shape index (κ3) is 22.6. The predicted molar refractivity (Wildman–Crippen MR) is 128 cm³/mol. The van der Waals surface area contributed by atoms with E-state index in [1.165, 1.54) is 32.1 Å². The molecule has 10 heteroatoms. The first-order valence-electron chi connectivity index (χ1n) is 12.5. The quantitative estimate of drug-likeness (QED) is 0.106. The van der Waals surface area contributed by atoms with E-state index in [2.05, 4.69) is 19.2 Å². The lowest BCUT2D eigenvalue weighted by atomic mass is 10.1. The Bertz CT molecular complexity index is 547. The average molecular weight is 496 g/mol. The number of carbonyl (C=O) groups excluding carboxylic acids is 2. The number of ether oxygens (including phenoxy) is 1. The van der Waals surface area contributed by atoms with Gasteiger partial charge in [0.15, 0.2) is 0 Å². The molecule has 2 atom stereocenters. The number of aliphatic hydroxyl groups is 1. The molecule has 0 aliphatic rings. The summed E-state index contributed by atoms with van der Waals surface area (Å²) in [4.78, 5) is 33.0. The number of carbonyl (C=O) groups is 2. The van der Waals surface area contributed by atoms with Crippen molar-refractivity contribution in [1.82, 2.24) is 5.32 Å². The zero-order valence-electron chi connectivity index (χ0n) is 20.6. The highest BCUT2D eigenvalue weighted by Gasteiger charge is 2.23. The second kappa shape index (κ2) is 21.5. The minimum Gasteiger partial charge on any atom is -0.463 e.